The summed E-state index contributed by atoms with van der Waals surface area (Å²) in [6.07, 6.45) is 0. The third-order valence-corrected chi connectivity index (χ3v) is 11.2. The van der Waals surface area contributed by atoms with E-state index in [1.165, 1.54) is 21.5 Å². The van der Waals surface area contributed by atoms with Crippen molar-refractivity contribution in [1.29, 1.82) is 0 Å². The van der Waals surface area contributed by atoms with Gasteiger partial charge in [-0.05, 0) is 54.6 Å². The molecule has 12 aromatic rings. The quantitative estimate of drug-likeness (QED) is 0.177. The maximum Gasteiger partial charge on any atom is 0.166 e. The number of nitrogens with zero attached hydrogens (tertiary/aromatic N) is 5. The lowest BCUT2D eigenvalue weighted by Crippen LogP contribution is -2.04. The minimum Gasteiger partial charge on any atom is -0.456 e. The fourth-order valence-corrected chi connectivity index (χ4v) is 8.66. The number of aromatic nitrogens is 5. The molecule has 0 fully saturated rings. The molecule has 0 atom stereocenters. The minimum atomic E-state index is 0.574. The molecule has 0 aliphatic heterocycles. The van der Waals surface area contributed by atoms with Crippen LogP contribution in [0.2, 0.25) is 0 Å². The molecule has 0 radical (unpaired) electrons. The van der Waals surface area contributed by atoms with Gasteiger partial charge in [-0.15, -0.1) is 0 Å². The van der Waals surface area contributed by atoms with Crippen LogP contribution < -0.4 is 0 Å². The van der Waals surface area contributed by atoms with Crippen molar-refractivity contribution in [2.24, 2.45) is 0 Å². The highest BCUT2D eigenvalue weighted by molar-refractivity contribution is 6.24. The van der Waals surface area contributed by atoms with Crippen LogP contribution in [-0.2, 0) is 0 Å². The van der Waals surface area contributed by atoms with Gasteiger partial charge in [-0.1, -0.05) is 133 Å². The molecule has 0 amide bonds. The van der Waals surface area contributed by atoms with Crippen LogP contribution >= 0.6 is 0 Å². The Labute approximate surface area is 326 Å². The molecule has 0 aliphatic rings. The summed E-state index contributed by atoms with van der Waals surface area (Å²) in [4.78, 5) is 15.6. The predicted octanol–water partition coefficient (Wildman–Crippen LogP) is 13.0. The van der Waals surface area contributed by atoms with Gasteiger partial charge in [0.1, 0.15) is 11.2 Å². The second-order valence-corrected chi connectivity index (χ2v) is 14.4. The SMILES string of the molecule is c1ccc(-c2nc(-c3ccc4c(c3)oc3ccccc34)nc(-c3ccccc3-n3c4ccccc4c4ccc5c6ccccc6n(-c6ccccc6)c5c43)n2)cc1. The van der Waals surface area contributed by atoms with E-state index < -0.39 is 0 Å². The molecule has 0 unspecified atom stereocenters. The van der Waals surface area contributed by atoms with Crippen LogP contribution in [0.1, 0.15) is 0 Å². The maximum absolute atomic E-state index is 6.32. The van der Waals surface area contributed by atoms with Crippen LogP contribution in [0.5, 0.6) is 0 Å². The van der Waals surface area contributed by atoms with Gasteiger partial charge in [0.2, 0.25) is 0 Å². The Balaban J connectivity index is 1.16. The fourth-order valence-electron chi connectivity index (χ4n) is 8.66. The molecule has 12 rings (SSSR count). The molecule has 57 heavy (non-hydrogen) atoms. The highest BCUT2D eigenvalue weighted by Crippen LogP contribution is 2.43. The number of para-hydroxylation sites is 5. The molecular weight excluding hydrogens is 699 g/mol. The van der Waals surface area contributed by atoms with Gasteiger partial charge in [0.15, 0.2) is 17.5 Å². The summed E-state index contributed by atoms with van der Waals surface area (Å²) >= 11 is 0. The lowest BCUT2D eigenvalue weighted by atomic mass is 10.1. The van der Waals surface area contributed by atoms with E-state index in [1.54, 1.807) is 0 Å². The van der Waals surface area contributed by atoms with E-state index in [9.17, 15) is 0 Å². The van der Waals surface area contributed by atoms with Gasteiger partial charge >= 0.3 is 0 Å². The number of rotatable bonds is 5. The third kappa shape index (κ3) is 4.81. The summed E-state index contributed by atoms with van der Waals surface area (Å²) in [6.45, 7) is 0. The number of benzene rings is 8. The van der Waals surface area contributed by atoms with E-state index in [0.29, 0.717) is 17.5 Å². The van der Waals surface area contributed by atoms with Crippen molar-refractivity contribution < 1.29 is 4.42 Å². The van der Waals surface area contributed by atoms with Crippen LogP contribution in [0.4, 0.5) is 0 Å². The first-order valence-corrected chi connectivity index (χ1v) is 19.1. The van der Waals surface area contributed by atoms with E-state index in [0.717, 1.165) is 72.1 Å². The Morgan fingerprint density at radius 2 is 0.877 bits per heavy atom. The molecule has 0 saturated heterocycles. The summed E-state index contributed by atoms with van der Waals surface area (Å²) in [5, 5.41) is 6.89. The van der Waals surface area contributed by atoms with E-state index in [-0.39, 0.29) is 0 Å². The summed E-state index contributed by atoms with van der Waals surface area (Å²) in [5.41, 5.74) is 10.9. The summed E-state index contributed by atoms with van der Waals surface area (Å²) in [6, 6.07) is 65.5. The van der Waals surface area contributed by atoms with Gasteiger partial charge in [0, 0.05) is 54.7 Å². The van der Waals surface area contributed by atoms with Crippen LogP contribution in [0.15, 0.2) is 192 Å². The largest absolute Gasteiger partial charge is 0.456 e. The third-order valence-electron chi connectivity index (χ3n) is 11.2. The second-order valence-electron chi connectivity index (χ2n) is 14.4. The summed E-state index contributed by atoms with van der Waals surface area (Å²) < 4.78 is 11.1. The first-order valence-electron chi connectivity index (χ1n) is 19.1. The Kier molecular flexibility index (Phi) is 6.83. The fraction of sp³-hybridized carbons (Fsp3) is 0. The predicted molar refractivity (Wildman–Crippen MR) is 232 cm³/mol. The maximum atomic E-state index is 6.32. The lowest BCUT2D eigenvalue weighted by molar-refractivity contribution is 0.669. The number of hydrogen-bond donors (Lipinski definition) is 0. The molecule has 0 spiro atoms. The Bertz CT molecular complexity index is 3520. The van der Waals surface area contributed by atoms with Crippen LogP contribution in [0.3, 0.4) is 0 Å². The lowest BCUT2D eigenvalue weighted by Gasteiger charge is -2.16. The molecule has 6 nitrogen and oxygen atoms in total. The second kappa shape index (κ2) is 12.3. The van der Waals surface area contributed by atoms with Crippen LogP contribution in [0, 0.1) is 0 Å². The standard InChI is InChI=1S/C51H31N5O/c1-3-15-32(16-4-1)49-52-50(33-27-28-38-37-21-10-14-26-45(37)57-46(38)31-33)54-51(53-49)41-22-9-13-25-44(41)56-43-24-12-8-20-36(43)40-30-29-39-35-19-7-11-23-42(35)55(47(39)48(40)56)34-17-5-2-6-18-34/h1-31H. The molecule has 0 saturated carbocycles. The first-order chi connectivity index (χ1) is 28.3. The molecule has 0 aliphatic carbocycles. The zero-order valence-electron chi connectivity index (χ0n) is 30.5. The van der Waals surface area contributed by atoms with Gasteiger partial charge in [0.25, 0.3) is 0 Å². The normalized spacial score (nSPS) is 11.9. The summed E-state index contributed by atoms with van der Waals surface area (Å²) in [7, 11) is 0. The monoisotopic (exact) mass is 729 g/mol. The molecule has 8 aromatic carbocycles. The van der Waals surface area contributed by atoms with Crippen molar-refractivity contribution >= 4 is 65.6 Å². The highest BCUT2D eigenvalue weighted by Gasteiger charge is 2.24. The molecule has 4 aromatic heterocycles. The molecular formula is C51H31N5O. The van der Waals surface area contributed by atoms with Gasteiger partial charge in [-0.25, -0.2) is 15.0 Å². The smallest absolute Gasteiger partial charge is 0.166 e. The summed E-state index contributed by atoms with van der Waals surface area (Å²) in [5.74, 6) is 1.76. The van der Waals surface area contributed by atoms with Gasteiger partial charge in [-0.2, -0.15) is 0 Å². The molecule has 266 valence electrons. The van der Waals surface area contributed by atoms with Crippen molar-refractivity contribution in [3.05, 3.63) is 188 Å². The van der Waals surface area contributed by atoms with E-state index in [4.69, 9.17) is 19.4 Å². The van der Waals surface area contributed by atoms with Crippen molar-refractivity contribution in [3.63, 3.8) is 0 Å². The van der Waals surface area contributed by atoms with Crippen molar-refractivity contribution in [3.8, 4) is 45.5 Å². The van der Waals surface area contributed by atoms with Gasteiger partial charge in [0.05, 0.1) is 27.8 Å². The van der Waals surface area contributed by atoms with E-state index >= 15 is 0 Å². The average molecular weight is 730 g/mol. The van der Waals surface area contributed by atoms with Crippen molar-refractivity contribution in [2.75, 3.05) is 0 Å². The van der Waals surface area contributed by atoms with Crippen molar-refractivity contribution in [2.45, 2.75) is 0 Å². The minimum absolute atomic E-state index is 0.574. The van der Waals surface area contributed by atoms with Crippen LogP contribution in [0.25, 0.3) is 111 Å². The van der Waals surface area contributed by atoms with E-state index in [2.05, 4.69) is 143 Å². The van der Waals surface area contributed by atoms with Crippen molar-refractivity contribution in [1.82, 2.24) is 24.1 Å². The first kappa shape index (κ1) is 31.5. The molecule has 0 N–H and O–H groups in total. The van der Waals surface area contributed by atoms with Crippen LogP contribution in [-0.4, -0.2) is 24.1 Å². The number of hydrogen-bond acceptors (Lipinski definition) is 4. The zero-order chi connectivity index (χ0) is 37.5. The Morgan fingerprint density at radius 1 is 0.351 bits per heavy atom. The Hall–Kier alpha value is -7.83. The van der Waals surface area contributed by atoms with Gasteiger partial charge < -0.3 is 13.6 Å². The van der Waals surface area contributed by atoms with Gasteiger partial charge in [-0.3, -0.25) is 0 Å². The molecule has 6 heteroatoms. The average Bonchev–Trinajstić information content (AvgIpc) is 3.94. The number of furan rings is 1. The highest BCUT2D eigenvalue weighted by atomic mass is 16.3. The molecule has 4 heterocycles. The van der Waals surface area contributed by atoms with E-state index in [1.807, 2.05) is 54.6 Å². The molecule has 0 bridgehead atoms. The number of fused-ring (bicyclic) bond motifs is 10. The zero-order valence-corrected chi connectivity index (χ0v) is 30.5. The Morgan fingerprint density at radius 3 is 1.63 bits per heavy atom. The topological polar surface area (TPSA) is 61.7 Å².